The summed E-state index contributed by atoms with van der Waals surface area (Å²) < 4.78 is 11.2. The number of aromatic nitrogens is 2. The van der Waals surface area contributed by atoms with Crippen LogP contribution in [0.15, 0.2) is 6.07 Å². The van der Waals surface area contributed by atoms with Crippen LogP contribution in [0.1, 0.15) is 18.7 Å². The summed E-state index contributed by atoms with van der Waals surface area (Å²) in [6.45, 7) is 7.11. The van der Waals surface area contributed by atoms with Crippen molar-refractivity contribution >= 4 is 27.5 Å². The molecule has 19 heavy (non-hydrogen) atoms. The van der Waals surface area contributed by atoms with Crippen molar-refractivity contribution in [2.45, 2.75) is 26.9 Å². The molecule has 0 saturated carbocycles. The van der Waals surface area contributed by atoms with Gasteiger partial charge in [-0.1, -0.05) is 0 Å². The zero-order valence-corrected chi connectivity index (χ0v) is 12.5. The second kappa shape index (κ2) is 6.16. The Bertz CT molecular complexity index is 554. The van der Waals surface area contributed by atoms with E-state index in [0.717, 1.165) is 10.2 Å². The van der Waals surface area contributed by atoms with Gasteiger partial charge in [0, 0.05) is 11.9 Å². The predicted molar refractivity (Wildman–Crippen MR) is 78.3 cm³/mol. The van der Waals surface area contributed by atoms with E-state index in [1.165, 1.54) is 4.88 Å². The van der Waals surface area contributed by atoms with Gasteiger partial charge in [0.15, 0.2) is 0 Å². The second-order valence-electron chi connectivity index (χ2n) is 4.45. The van der Waals surface area contributed by atoms with Crippen LogP contribution < -0.4 is 10.1 Å². The molecule has 0 amide bonds. The molecule has 1 N–H and O–H groups in total. The third kappa shape index (κ3) is 3.54. The number of thiophene rings is 1. The van der Waals surface area contributed by atoms with Crippen LogP contribution >= 0.6 is 11.3 Å². The molecule has 0 bridgehead atoms. The molecule has 2 aromatic rings. The molecule has 2 rings (SSSR count). The van der Waals surface area contributed by atoms with Crippen molar-refractivity contribution in [2.24, 2.45) is 0 Å². The summed E-state index contributed by atoms with van der Waals surface area (Å²) in [5.74, 6) is 1.19. The summed E-state index contributed by atoms with van der Waals surface area (Å²) in [4.78, 5) is 10.9. The molecule has 0 spiro atoms. The molecule has 0 aromatic carbocycles. The van der Waals surface area contributed by atoms with E-state index >= 15 is 0 Å². The molecular weight excluding hydrogens is 262 g/mol. The van der Waals surface area contributed by atoms with Gasteiger partial charge in [0.25, 0.3) is 0 Å². The van der Waals surface area contributed by atoms with E-state index in [1.807, 2.05) is 13.8 Å². The van der Waals surface area contributed by atoms with Gasteiger partial charge in [-0.3, -0.25) is 0 Å². The summed E-state index contributed by atoms with van der Waals surface area (Å²) in [6, 6.07) is 2.05. The molecule has 2 aromatic heterocycles. The minimum atomic E-state index is 0.213. The maximum Gasteiger partial charge on any atom is 0.227 e. The monoisotopic (exact) mass is 281 g/mol. The lowest BCUT2D eigenvalue weighted by Gasteiger charge is -2.10. The average molecular weight is 281 g/mol. The number of nitrogens with zero attached hydrogens (tertiary/aromatic N) is 2. The van der Waals surface area contributed by atoms with E-state index in [1.54, 1.807) is 18.4 Å². The van der Waals surface area contributed by atoms with Crippen molar-refractivity contribution in [3.8, 4) is 5.88 Å². The van der Waals surface area contributed by atoms with Crippen molar-refractivity contribution in [3.63, 3.8) is 0 Å². The third-order valence-corrected chi connectivity index (χ3v) is 3.42. The molecule has 0 fully saturated rings. The standard InChI is InChI=1S/C13H19N3O2S/c1-8(2)17-5-6-18-11-10-7-9(3)19-12(10)16-13(14-4)15-11/h7-8H,5-6H2,1-4H3,(H,14,15,16). The minimum absolute atomic E-state index is 0.213. The summed E-state index contributed by atoms with van der Waals surface area (Å²) in [6.07, 6.45) is 0.213. The van der Waals surface area contributed by atoms with E-state index in [4.69, 9.17) is 9.47 Å². The van der Waals surface area contributed by atoms with Gasteiger partial charge in [0.2, 0.25) is 11.8 Å². The van der Waals surface area contributed by atoms with Crippen LogP contribution in [0.25, 0.3) is 10.2 Å². The fourth-order valence-electron chi connectivity index (χ4n) is 1.66. The van der Waals surface area contributed by atoms with Gasteiger partial charge in [0.1, 0.15) is 11.4 Å². The molecule has 0 saturated heterocycles. The lowest BCUT2D eigenvalue weighted by Crippen LogP contribution is -2.12. The lowest BCUT2D eigenvalue weighted by molar-refractivity contribution is 0.0546. The maximum atomic E-state index is 5.72. The topological polar surface area (TPSA) is 56.3 Å². The Morgan fingerprint density at radius 2 is 2.11 bits per heavy atom. The van der Waals surface area contributed by atoms with Gasteiger partial charge in [-0.25, -0.2) is 4.98 Å². The molecule has 0 aliphatic heterocycles. The molecule has 104 valence electrons. The first-order valence-corrected chi connectivity index (χ1v) is 7.12. The van der Waals surface area contributed by atoms with Crippen LogP contribution in [0.3, 0.4) is 0 Å². The Balaban J connectivity index is 2.15. The Kier molecular flexibility index (Phi) is 4.55. The molecule has 0 atom stereocenters. The van der Waals surface area contributed by atoms with Gasteiger partial charge in [-0.2, -0.15) is 4.98 Å². The van der Waals surface area contributed by atoms with Gasteiger partial charge in [-0.15, -0.1) is 11.3 Å². The summed E-state index contributed by atoms with van der Waals surface area (Å²) in [7, 11) is 1.80. The minimum Gasteiger partial charge on any atom is -0.475 e. The first-order valence-electron chi connectivity index (χ1n) is 6.30. The van der Waals surface area contributed by atoms with Crippen molar-refractivity contribution in [1.82, 2.24) is 9.97 Å². The van der Waals surface area contributed by atoms with E-state index < -0.39 is 0 Å². The first-order chi connectivity index (χ1) is 9.10. The number of hydrogen-bond acceptors (Lipinski definition) is 6. The van der Waals surface area contributed by atoms with Crippen molar-refractivity contribution < 1.29 is 9.47 Å². The van der Waals surface area contributed by atoms with Gasteiger partial charge in [-0.05, 0) is 26.8 Å². The summed E-state index contributed by atoms with van der Waals surface area (Å²) in [5.41, 5.74) is 0. The van der Waals surface area contributed by atoms with E-state index in [2.05, 4.69) is 28.3 Å². The van der Waals surface area contributed by atoms with E-state index in [-0.39, 0.29) is 6.10 Å². The normalized spacial score (nSPS) is 11.2. The van der Waals surface area contributed by atoms with Crippen LogP contribution in [0.2, 0.25) is 0 Å². The zero-order chi connectivity index (χ0) is 13.8. The van der Waals surface area contributed by atoms with Crippen LogP contribution in [-0.2, 0) is 4.74 Å². The van der Waals surface area contributed by atoms with Crippen LogP contribution in [-0.4, -0.2) is 36.3 Å². The number of fused-ring (bicyclic) bond motifs is 1. The van der Waals surface area contributed by atoms with Gasteiger partial charge < -0.3 is 14.8 Å². The number of anilines is 1. The van der Waals surface area contributed by atoms with Crippen LogP contribution in [0.5, 0.6) is 5.88 Å². The maximum absolute atomic E-state index is 5.72. The number of aryl methyl sites for hydroxylation is 1. The van der Waals surface area contributed by atoms with E-state index in [9.17, 15) is 0 Å². The Labute approximate surface area is 117 Å². The summed E-state index contributed by atoms with van der Waals surface area (Å²) in [5, 5.41) is 3.91. The first kappa shape index (κ1) is 14.0. The zero-order valence-electron chi connectivity index (χ0n) is 11.7. The molecular formula is C13H19N3O2S. The highest BCUT2D eigenvalue weighted by Crippen LogP contribution is 2.30. The largest absolute Gasteiger partial charge is 0.475 e. The number of rotatable bonds is 6. The fraction of sp³-hybridized carbons (Fsp3) is 0.538. The SMILES string of the molecule is CNc1nc(OCCOC(C)C)c2cc(C)sc2n1. The summed E-state index contributed by atoms with van der Waals surface area (Å²) >= 11 is 1.64. The van der Waals surface area contributed by atoms with Crippen molar-refractivity contribution in [2.75, 3.05) is 25.6 Å². The Morgan fingerprint density at radius 1 is 1.32 bits per heavy atom. The molecule has 0 aliphatic carbocycles. The number of hydrogen-bond donors (Lipinski definition) is 1. The number of nitrogens with one attached hydrogen (secondary N) is 1. The molecule has 6 heteroatoms. The molecule has 0 aliphatic rings. The van der Waals surface area contributed by atoms with Gasteiger partial charge >= 0.3 is 0 Å². The van der Waals surface area contributed by atoms with Crippen LogP contribution in [0.4, 0.5) is 5.95 Å². The Morgan fingerprint density at radius 3 is 2.79 bits per heavy atom. The average Bonchev–Trinajstić information content (AvgIpc) is 2.74. The van der Waals surface area contributed by atoms with Crippen molar-refractivity contribution in [3.05, 3.63) is 10.9 Å². The van der Waals surface area contributed by atoms with E-state index in [0.29, 0.717) is 25.0 Å². The molecule has 2 heterocycles. The quantitative estimate of drug-likeness (QED) is 0.825. The molecule has 0 unspecified atom stereocenters. The molecule has 5 nitrogen and oxygen atoms in total. The van der Waals surface area contributed by atoms with Crippen LogP contribution in [0, 0.1) is 6.92 Å². The number of ether oxygens (including phenoxy) is 2. The Hall–Kier alpha value is -1.40. The predicted octanol–water partition coefficient (Wildman–Crippen LogP) is 2.85. The van der Waals surface area contributed by atoms with Gasteiger partial charge in [0.05, 0.1) is 18.1 Å². The third-order valence-electron chi connectivity index (χ3n) is 2.48. The van der Waals surface area contributed by atoms with Crippen molar-refractivity contribution in [1.29, 1.82) is 0 Å². The lowest BCUT2D eigenvalue weighted by atomic mass is 10.3. The highest BCUT2D eigenvalue weighted by atomic mass is 32.1. The smallest absolute Gasteiger partial charge is 0.227 e. The fourth-order valence-corrected chi connectivity index (χ4v) is 2.53. The second-order valence-corrected chi connectivity index (χ2v) is 5.68. The highest BCUT2D eigenvalue weighted by Gasteiger charge is 2.11. The molecule has 0 radical (unpaired) electrons. The highest BCUT2D eigenvalue weighted by molar-refractivity contribution is 7.18.